The molecule has 124 valence electrons. The third kappa shape index (κ3) is 2.70. The molecule has 0 bridgehead atoms. The van der Waals surface area contributed by atoms with Gasteiger partial charge in [0.25, 0.3) is 5.91 Å². The zero-order valence-corrected chi connectivity index (χ0v) is 13.8. The molecule has 1 aliphatic heterocycles. The lowest BCUT2D eigenvalue weighted by Crippen LogP contribution is -2.39. The monoisotopic (exact) mass is 323 g/mol. The second kappa shape index (κ2) is 6.15. The summed E-state index contributed by atoms with van der Waals surface area (Å²) in [6.07, 6.45) is 3.57. The highest BCUT2D eigenvalue weighted by molar-refractivity contribution is 5.91. The van der Waals surface area contributed by atoms with Crippen molar-refractivity contribution < 1.29 is 9.21 Å². The number of nitrogens with zero attached hydrogens (tertiary/aromatic N) is 3. The van der Waals surface area contributed by atoms with Gasteiger partial charge >= 0.3 is 0 Å². The van der Waals surface area contributed by atoms with Crippen molar-refractivity contribution in [3.63, 3.8) is 0 Å². The number of piperidine rings is 1. The van der Waals surface area contributed by atoms with Gasteiger partial charge in [0.1, 0.15) is 5.82 Å². The van der Waals surface area contributed by atoms with Gasteiger partial charge in [0.05, 0.1) is 17.3 Å². The smallest absolute Gasteiger partial charge is 0.289 e. The molecule has 1 aromatic carbocycles. The summed E-state index contributed by atoms with van der Waals surface area (Å²) >= 11 is 0. The molecule has 1 amide bonds. The van der Waals surface area contributed by atoms with E-state index < -0.39 is 0 Å². The Hall–Kier alpha value is -2.56. The second-order valence-electron chi connectivity index (χ2n) is 6.47. The maximum atomic E-state index is 12.3. The van der Waals surface area contributed by atoms with Crippen molar-refractivity contribution in [3.8, 4) is 0 Å². The molecule has 2 aromatic heterocycles. The summed E-state index contributed by atoms with van der Waals surface area (Å²) < 4.78 is 7.53. The number of carbonyl (C=O) groups is 1. The van der Waals surface area contributed by atoms with Crippen molar-refractivity contribution in [1.82, 2.24) is 14.5 Å². The molecule has 24 heavy (non-hydrogen) atoms. The third-order valence-corrected chi connectivity index (χ3v) is 4.92. The number of likely N-dealkylation sites (tertiary alicyclic amines) is 1. The van der Waals surface area contributed by atoms with Gasteiger partial charge in [0.2, 0.25) is 0 Å². The van der Waals surface area contributed by atoms with Gasteiger partial charge in [-0.1, -0.05) is 12.1 Å². The Kier molecular flexibility index (Phi) is 3.84. The van der Waals surface area contributed by atoms with Crippen LogP contribution in [0.3, 0.4) is 0 Å². The normalized spacial score (nSPS) is 16.0. The van der Waals surface area contributed by atoms with E-state index >= 15 is 0 Å². The zero-order valence-electron chi connectivity index (χ0n) is 13.8. The first-order valence-electron chi connectivity index (χ1n) is 8.47. The van der Waals surface area contributed by atoms with Gasteiger partial charge < -0.3 is 13.9 Å². The first kappa shape index (κ1) is 15.0. The lowest BCUT2D eigenvalue weighted by Gasteiger charge is -2.32. The van der Waals surface area contributed by atoms with Crippen molar-refractivity contribution >= 4 is 16.9 Å². The Morgan fingerprint density at radius 1 is 1.21 bits per heavy atom. The number of hydrogen-bond donors (Lipinski definition) is 0. The van der Waals surface area contributed by atoms with E-state index in [1.165, 1.54) is 5.52 Å². The Morgan fingerprint density at radius 2 is 2.00 bits per heavy atom. The summed E-state index contributed by atoms with van der Waals surface area (Å²) in [6.45, 7) is 4.61. The number of fused-ring (bicyclic) bond motifs is 1. The molecule has 0 spiro atoms. The number of aryl methyl sites for hydroxylation is 1. The third-order valence-electron chi connectivity index (χ3n) is 4.92. The fraction of sp³-hybridized carbons (Fsp3) is 0.368. The molecule has 0 saturated carbocycles. The van der Waals surface area contributed by atoms with E-state index in [-0.39, 0.29) is 5.91 Å². The number of imidazole rings is 1. The Labute approximate surface area is 140 Å². The topological polar surface area (TPSA) is 51.3 Å². The summed E-state index contributed by atoms with van der Waals surface area (Å²) in [4.78, 5) is 18.9. The van der Waals surface area contributed by atoms with Gasteiger partial charge in [0.15, 0.2) is 5.76 Å². The second-order valence-corrected chi connectivity index (χ2v) is 6.47. The molecule has 1 aliphatic rings. The SMILES string of the molecule is Cc1nc2ccccc2n1CC1CCN(C(=O)c2ccco2)CC1. The van der Waals surface area contributed by atoms with E-state index in [1.54, 1.807) is 18.4 Å². The number of amides is 1. The van der Waals surface area contributed by atoms with Crippen molar-refractivity contribution in [3.05, 3.63) is 54.2 Å². The number of carbonyl (C=O) groups excluding carboxylic acids is 1. The largest absolute Gasteiger partial charge is 0.459 e. The average Bonchev–Trinajstić information content (AvgIpc) is 3.24. The highest BCUT2D eigenvalue weighted by Crippen LogP contribution is 2.24. The quantitative estimate of drug-likeness (QED) is 0.741. The number of hydrogen-bond acceptors (Lipinski definition) is 3. The first-order chi connectivity index (χ1) is 11.7. The van der Waals surface area contributed by atoms with Crippen LogP contribution < -0.4 is 0 Å². The standard InChI is InChI=1S/C19H21N3O2/c1-14-20-16-5-2-3-6-17(16)22(14)13-15-8-10-21(11-9-15)19(23)18-7-4-12-24-18/h2-7,12,15H,8-11,13H2,1H3. The van der Waals surface area contributed by atoms with E-state index in [2.05, 4.69) is 34.7 Å². The lowest BCUT2D eigenvalue weighted by atomic mass is 9.96. The van der Waals surface area contributed by atoms with Gasteiger partial charge in [-0.25, -0.2) is 4.98 Å². The van der Waals surface area contributed by atoms with Crippen LogP contribution in [0.4, 0.5) is 0 Å². The number of para-hydroxylation sites is 2. The molecule has 5 heteroatoms. The minimum Gasteiger partial charge on any atom is -0.459 e. The molecule has 0 atom stereocenters. The zero-order chi connectivity index (χ0) is 16.5. The summed E-state index contributed by atoms with van der Waals surface area (Å²) in [5.74, 6) is 2.07. The molecule has 3 heterocycles. The van der Waals surface area contributed by atoms with E-state index in [0.29, 0.717) is 11.7 Å². The molecule has 0 unspecified atom stereocenters. The van der Waals surface area contributed by atoms with Gasteiger partial charge in [-0.2, -0.15) is 0 Å². The van der Waals surface area contributed by atoms with Gasteiger partial charge in [-0.15, -0.1) is 0 Å². The number of rotatable bonds is 3. The van der Waals surface area contributed by atoms with Crippen LogP contribution in [-0.2, 0) is 6.54 Å². The van der Waals surface area contributed by atoms with Gasteiger partial charge in [-0.05, 0) is 49.9 Å². The molecule has 1 fully saturated rings. The van der Waals surface area contributed by atoms with Crippen LogP contribution in [0.1, 0.15) is 29.2 Å². The first-order valence-corrected chi connectivity index (χ1v) is 8.47. The fourth-order valence-electron chi connectivity index (χ4n) is 3.56. The molecule has 0 aliphatic carbocycles. The molecule has 1 saturated heterocycles. The molecule has 0 N–H and O–H groups in total. The average molecular weight is 323 g/mol. The van der Waals surface area contributed by atoms with Crippen LogP contribution in [0, 0.1) is 12.8 Å². The van der Waals surface area contributed by atoms with Crippen LogP contribution >= 0.6 is 0 Å². The van der Waals surface area contributed by atoms with Crippen LogP contribution in [-0.4, -0.2) is 33.4 Å². The van der Waals surface area contributed by atoms with Crippen LogP contribution in [0.5, 0.6) is 0 Å². The van der Waals surface area contributed by atoms with Crippen LogP contribution in [0.25, 0.3) is 11.0 Å². The number of furan rings is 1. The van der Waals surface area contributed by atoms with Crippen LogP contribution in [0.15, 0.2) is 47.1 Å². The predicted molar refractivity (Wildman–Crippen MR) is 91.8 cm³/mol. The summed E-state index contributed by atoms with van der Waals surface area (Å²) in [6, 6.07) is 11.8. The molecule has 4 rings (SSSR count). The van der Waals surface area contributed by atoms with Crippen molar-refractivity contribution in [1.29, 1.82) is 0 Å². The van der Waals surface area contributed by atoms with Crippen molar-refractivity contribution in [2.45, 2.75) is 26.3 Å². The molecule has 3 aromatic rings. The highest BCUT2D eigenvalue weighted by atomic mass is 16.3. The number of benzene rings is 1. The molecule has 5 nitrogen and oxygen atoms in total. The Balaban J connectivity index is 1.43. The summed E-state index contributed by atoms with van der Waals surface area (Å²) in [7, 11) is 0. The van der Waals surface area contributed by atoms with E-state index in [0.717, 1.165) is 43.8 Å². The van der Waals surface area contributed by atoms with E-state index in [9.17, 15) is 4.79 Å². The highest BCUT2D eigenvalue weighted by Gasteiger charge is 2.25. The number of aromatic nitrogens is 2. The fourth-order valence-corrected chi connectivity index (χ4v) is 3.56. The van der Waals surface area contributed by atoms with Crippen LogP contribution in [0.2, 0.25) is 0 Å². The maximum absolute atomic E-state index is 12.3. The van der Waals surface area contributed by atoms with Gasteiger partial charge in [0, 0.05) is 19.6 Å². The molecular weight excluding hydrogens is 302 g/mol. The van der Waals surface area contributed by atoms with Crippen molar-refractivity contribution in [2.24, 2.45) is 5.92 Å². The van der Waals surface area contributed by atoms with Crippen molar-refractivity contribution in [2.75, 3.05) is 13.1 Å². The summed E-state index contributed by atoms with van der Waals surface area (Å²) in [5.41, 5.74) is 2.25. The van der Waals surface area contributed by atoms with Gasteiger partial charge in [-0.3, -0.25) is 4.79 Å². The predicted octanol–water partition coefficient (Wildman–Crippen LogP) is 3.49. The minimum absolute atomic E-state index is 0.00251. The summed E-state index contributed by atoms with van der Waals surface area (Å²) in [5, 5.41) is 0. The molecular formula is C19H21N3O2. The molecule has 0 radical (unpaired) electrons. The lowest BCUT2D eigenvalue weighted by molar-refractivity contribution is 0.0651. The Bertz CT molecular complexity index is 843. The van der Waals surface area contributed by atoms with E-state index in [4.69, 9.17) is 4.42 Å². The minimum atomic E-state index is 0.00251. The Morgan fingerprint density at radius 3 is 2.75 bits per heavy atom. The maximum Gasteiger partial charge on any atom is 0.289 e. The van der Waals surface area contributed by atoms with E-state index in [1.807, 2.05) is 11.0 Å².